The maximum Gasteiger partial charge on any atom is 0.261 e. The summed E-state index contributed by atoms with van der Waals surface area (Å²) >= 11 is 0. The van der Waals surface area contributed by atoms with E-state index < -0.39 is 0 Å². The Morgan fingerprint density at radius 2 is 1.97 bits per heavy atom. The Balaban J connectivity index is 1.60. The van der Waals surface area contributed by atoms with Gasteiger partial charge >= 0.3 is 0 Å². The van der Waals surface area contributed by atoms with Crippen LogP contribution in [-0.2, 0) is 17.8 Å². The molecule has 0 aliphatic heterocycles. The van der Waals surface area contributed by atoms with Gasteiger partial charge in [0.1, 0.15) is 5.75 Å². The van der Waals surface area contributed by atoms with Gasteiger partial charge in [0.15, 0.2) is 0 Å². The van der Waals surface area contributed by atoms with Crippen LogP contribution < -0.4 is 15.6 Å². The third-order valence-corrected chi connectivity index (χ3v) is 5.11. The first kappa shape index (κ1) is 22.3. The third kappa shape index (κ3) is 5.39. The van der Waals surface area contributed by atoms with E-state index in [1.54, 1.807) is 17.7 Å². The summed E-state index contributed by atoms with van der Waals surface area (Å²) in [7, 11) is 1.61. The summed E-state index contributed by atoms with van der Waals surface area (Å²) in [6.07, 6.45) is 1.35. The summed E-state index contributed by atoms with van der Waals surface area (Å²) in [5.41, 5.74) is 2.13. The maximum atomic E-state index is 12.7. The van der Waals surface area contributed by atoms with Gasteiger partial charge in [-0.15, -0.1) is 0 Å². The molecular weight excluding hydrogens is 396 g/mol. The van der Waals surface area contributed by atoms with E-state index in [4.69, 9.17) is 9.26 Å². The van der Waals surface area contributed by atoms with Crippen molar-refractivity contribution in [1.29, 1.82) is 0 Å². The molecule has 0 aliphatic rings. The number of nitrogens with zero attached hydrogens (tertiary/aromatic N) is 3. The fourth-order valence-corrected chi connectivity index (χ4v) is 3.32. The van der Waals surface area contributed by atoms with E-state index in [0.717, 1.165) is 23.4 Å². The zero-order chi connectivity index (χ0) is 22.4. The zero-order valence-electron chi connectivity index (χ0n) is 18.3. The van der Waals surface area contributed by atoms with E-state index in [2.05, 4.69) is 15.5 Å². The molecule has 1 aromatic carbocycles. The van der Waals surface area contributed by atoms with Crippen molar-refractivity contribution in [2.75, 3.05) is 7.11 Å². The lowest BCUT2D eigenvalue weighted by molar-refractivity contribution is -0.121. The van der Waals surface area contributed by atoms with E-state index in [9.17, 15) is 9.59 Å². The van der Waals surface area contributed by atoms with Gasteiger partial charge in [-0.05, 0) is 50.1 Å². The smallest absolute Gasteiger partial charge is 0.261 e. The average molecular weight is 425 g/mol. The lowest BCUT2D eigenvalue weighted by Crippen LogP contribution is -2.26. The fraction of sp³-hybridized carbons (Fsp3) is 0.391. The Labute approximate surface area is 181 Å². The van der Waals surface area contributed by atoms with E-state index in [1.165, 1.54) is 0 Å². The number of nitrogens with one attached hydrogen (secondary N) is 1. The first-order valence-corrected chi connectivity index (χ1v) is 10.4. The number of benzene rings is 1. The molecule has 0 unspecified atom stereocenters. The van der Waals surface area contributed by atoms with Crippen molar-refractivity contribution in [3.8, 4) is 17.1 Å². The van der Waals surface area contributed by atoms with Crippen LogP contribution >= 0.6 is 0 Å². The summed E-state index contributed by atoms with van der Waals surface area (Å²) in [5.74, 6) is 1.22. The first-order valence-electron chi connectivity index (χ1n) is 10.4. The topological polar surface area (TPSA) is 99.2 Å². The van der Waals surface area contributed by atoms with Crippen molar-refractivity contribution in [1.82, 2.24) is 20.0 Å². The minimum absolute atomic E-state index is 0.122. The van der Waals surface area contributed by atoms with Gasteiger partial charge in [-0.3, -0.25) is 9.59 Å². The molecule has 8 heteroatoms. The molecule has 2 aromatic heterocycles. The molecule has 1 atom stereocenters. The molecule has 164 valence electrons. The fourth-order valence-electron chi connectivity index (χ4n) is 3.32. The average Bonchev–Trinajstić information content (AvgIpc) is 3.24. The van der Waals surface area contributed by atoms with Gasteiger partial charge < -0.3 is 19.1 Å². The van der Waals surface area contributed by atoms with E-state index in [0.29, 0.717) is 24.4 Å². The molecule has 0 radical (unpaired) electrons. The molecule has 0 saturated carbocycles. The normalized spacial score (nSPS) is 11.9. The van der Waals surface area contributed by atoms with Crippen molar-refractivity contribution in [2.45, 2.75) is 52.6 Å². The van der Waals surface area contributed by atoms with Crippen LogP contribution in [-0.4, -0.2) is 27.7 Å². The predicted octanol–water partition coefficient (Wildman–Crippen LogP) is 3.44. The number of carbonyl (C=O) groups is 1. The quantitative estimate of drug-likeness (QED) is 0.565. The summed E-state index contributed by atoms with van der Waals surface area (Å²) < 4.78 is 12.1. The van der Waals surface area contributed by atoms with Crippen LogP contribution in [0, 0.1) is 6.92 Å². The number of pyridine rings is 1. The number of aryl methyl sites for hydroxylation is 2. The van der Waals surface area contributed by atoms with Gasteiger partial charge in [0.2, 0.25) is 17.6 Å². The van der Waals surface area contributed by atoms with Gasteiger partial charge in [0, 0.05) is 25.1 Å². The number of ether oxygens (including phenoxy) is 1. The van der Waals surface area contributed by atoms with E-state index >= 15 is 0 Å². The number of methoxy groups -OCH3 is 1. The number of amides is 1. The summed E-state index contributed by atoms with van der Waals surface area (Å²) in [4.78, 5) is 29.4. The van der Waals surface area contributed by atoms with Crippen molar-refractivity contribution in [2.24, 2.45) is 0 Å². The second-order valence-electron chi connectivity index (χ2n) is 7.42. The Kier molecular flexibility index (Phi) is 7.23. The standard InChI is InChI=1S/C23H28N4O4/c1-5-14-27-15(2)6-11-19(23(27)29)22-25-21(31-26-22)13-12-20(28)24-16(3)17-7-9-18(30-4)10-8-17/h6-11,16H,5,12-14H2,1-4H3,(H,24,28)/t16-/m0/s1. The Bertz CT molecular complexity index is 1090. The largest absolute Gasteiger partial charge is 0.497 e. The molecule has 0 bridgehead atoms. The van der Waals surface area contributed by atoms with Gasteiger partial charge in [-0.1, -0.05) is 24.2 Å². The molecule has 31 heavy (non-hydrogen) atoms. The molecule has 1 N–H and O–H groups in total. The third-order valence-electron chi connectivity index (χ3n) is 5.11. The van der Waals surface area contributed by atoms with Crippen LogP contribution in [0.15, 0.2) is 45.7 Å². The first-order chi connectivity index (χ1) is 14.9. The summed E-state index contributed by atoms with van der Waals surface area (Å²) in [5, 5.41) is 6.89. The summed E-state index contributed by atoms with van der Waals surface area (Å²) in [6.45, 7) is 6.47. The van der Waals surface area contributed by atoms with Crippen LogP contribution in [0.25, 0.3) is 11.4 Å². The van der Waals surface area contributed by atoms with E-state index in [-0.39, 0.29) is 29.8 Å². The highest BCUT2D eigenvalue weighted by molar-refractivity contribution is 5.76. The van der Waals surface area contributed by atoms with Crippen molar-refractivity contribution < 1.29 is 14.1 Å². The Hall–Kier alpha value is -3.42. The van der Waals surface area contributed by atoms with Crippen molar-refractivity contribution in [3.05, 3.63) is 63.9 Å². The number of hydrogen-bond acceptors (Lipinski definition) is 6. The molecule has 8 nitrogen and oxygen atoms in total. The summed E-state index contributed by atoms with van der Waals surface area (Å²) in [6, 6.07) is 11.0. The lowest BCUT2D eigenvalue weighted by atomic mass is 10.1. The predicted molar refractivity (Wildman–Crippen MR) is 117 cm³/mol. The van der Waals surface area contributed by atoms with E-state index in [1.807, 2.05) is 51.1 Å². The molecule has 1 amide bonds. The lowest BCUT2D eigenvalue weighted by Gasteiger charge is -2.14. The molecule has 3 rings (SSSR count). The minimum atomic E-state index is -0.139. The maximum absolute atomic E-state index is 12.7. The van der Waals surface area contributed by atoms with Crippen LogP contribution in [0.3, 0.4) is 0 Å². The van der Waals surface area contributed by atoms with Crippen LogP contribution in [0.2, 0.25) is 0 Å². The molecule has 0 spiro atoms. The molecule has 0 fully saturated rings. The second kappa shape index (κ2) is 10.1. The highest BCUT2D eigenvalue weighted by Gasteiger charge is 2.16. The highest BCUT2D eigenvalue weighted by Crippen LogP contribution is 2.18. The minimum Gasteiger partial charge on any atom is -0.497 e. The number of aromatic nitrogens is 3. The van der Waals surface area contributed by atoms with Crippen molar-refractivity contribution >= 4 is 5.91 Å². The molecule has 3 aromatic rings. The molecule has 0 aliphatic carbocycles. The number of rotatable bonds is 9. The monoisotopic (exact) mass is 424 g/mol. The van der Waals surface area contributed by atoms with Crippen LogP contribution in [0.4, 0.5) is 0 Å². The van der Waals surface area contributed by atoms with Crippen LogP contribution in [0.5, 0.6) is 5.75 Å². The Morgan fingerprint density at radius 3 is 2.65 bits per heavy atom. The van der Waals surface area contributed by atoms with Crippen molar-refractivity contribution in [3.63, 3.8) is 0 Å². The van der Waals surface area contributed by atoms with Gasteiger partial charge in [-0.25, -0.2) is 0 Å². The van der Waals surface area contributed by atoms with Crippen LogP contribution in [0.1, 0.15) is 49.9 Å². The number of carbonyl (C=O) groups excluding carboxylic acids is 1. The second-order valence-corrected chi connectivity index (χ2v) is 7.42. The number of hydrogen-bond donors (Lipinski definition) is 1. The molecule has 2 heterocycles. The molecular formula is C23H28N4O4. The molecule has 0 saturated heterocycles. The van der Waals surface area contributed by atoms with Gasteiger partial charge in [0.05, 0.1) is 18.7 Å². The zero-order valence-corrected chi connectivity index (χ0v) is 18.3. The highest BCUT2D eigenvalue weighted by atomic mass is 16.5. The van der Waals surface area contributed by atoms with Gasteiger partial charge in [-0.2, -0.15) is 4.98 Å². The Morgan fingerprint density at radius 1 is 1.23 bits per heavy atom. The SMILES string of the molecule is CCCn1c(C)ccc(-c2noc(CCC(=O)N[C@@H](C)c3ccc(OC)cc3)n2)c1=O. The van der Waals surface area contributed by atoms with Gasteiger partial charge in [0.25, 0.3) is 5.56 Å².